The highest BCUT2D eigenvalue weighted by Crippen LogP contribution is 2.40. The van der Waals surface area contributed by atoms with Crippen molar-refractivity contribution in [3.8, 4) is 0 Å². The lowest BCUT2D eigenvalue weighted by Crippen LogP contribution is -2.27. The Labute approximate surface area is 205 Å². The third-order valence-electron chi connectivity index (χ3n) is 6.77. The van der Waals surface area contributed by atoms with E-state index in [1.165, 1.54) is 17.3 Å². The van der Waals surface area contributed by atoms with Crippen molar-refractivity contribution in [3.05, 3.63) is 107 Å². The van der Waals surface area contributed by atoms with E-state index in [0.29, 0.717) is 23.2 Å². The van der Waals surface area contributed by atoms with Crippen molar-refractivity contribution in [1.29, 1.82) is 0 Å². The van der Waals surface area contributed by atoms with Crippen molar-refractivity contribution in [2.75, 3.05) is 18.4 Å². The number of likely N-dealkylation sites (tertiary alicyclic amines) is 1. The van der Waals surface area contributed by atoms with Gasteiger partial charge in [0.1, 0.15) is 5.82 Å². The van der Waals surface area contributed by atoms with Gasteiger partial charge in [-0.2, -0.15) is 0 Å². The second kappa shape index (κ2) is 10.1. The Kier molecular flexibility index (Phi) is 6.53. The first-order valence-electron chi connectivity index (χ1n) is 12.0. The summed E-state index contributed by atoms with van der Waals surface area (Å²) in [6.45, 7) is 3.42. The number of nitrogens with zero attached hydrogens (tertiary/aromatic N) is 3. The smallest absolute Gasteiger partial charge is 0.258 e. The molecule has 1 saturated heterocycles. The fraction of sp³-hybridized carbons (Fsp3) is 0.241. The fourth-order valence-electron chi connectivity index (χ4n) is 4.89. The van der Waals surface area contributed by atoms with Crippen LogP contribution in [0, 0.1) is 18.8 Å². The highest BCUT2D eigenvalue weighted by atomic mass is 16.2. The maximum atomic E-state index is 12.9. The quantitative estimate of drug-likeness (QED) is 0.639. The summed E-state index contributed by atoms with van der Waals surface area (Å²) in [5, 5.41) is 2.78. The summed E-state index contributed by atoms with van der Waals surface area (Å²) < 4.78 is 0. The normalized spacial score (nSPS) is 21.0. The van der Waals surface area contributed by atoms with Gasteiger partial charge in [-0.1, -0.05) is 36.5 Å². The van der Waals surface area contributed by atoms with E-state index >= 15 is 0 Å². The minimum absolute atomic E-state index is 0.0282. The molecule has 0 bridgehead atoms. The number of pyridine rings is 2. The van der Waals surface area contributed by atoms with E-state index in [-0.39, 0.29) is 11.8 Å². The third kappa shape index (κ3) is 5.22. The van der Waals surface area contributed by atoms with Crippen LogP contribution in [-0.4, -0.2) is 39.8 Å². The van der Waals surface area contributed by atoms with Gasteiger partial charge in [-0.15, -0.1) is 0 Å². The Morgan fingerprint density at radius 3 is 2.89 bits per heavy atom. The number of hydrogen-bond donors (Lipinski definition) is 1. The molecule has 6 nitrogen and oxygen atoms in total. The second-order valence-corrected chi connectivity index (χ2v) is 9.15. The van der Waals surface area contributed by atoms with Gasteiger partial charge >= 0.3 is 0 Å². The number of allylic oxidation sites excluding steroid dienone is 7. The van der Waals surface area contributed by atoms with Gasteiger partial charge in [0.15, 0.2) is 0 Å². The summed E-state index contributed by atoms with van der Waals surface area (Å²) in [5.74, 6) is 1.16. The number of nitrogens with one attached hydrogen (secondary N) is 1. The molecule has 0 saturated carbocycles. The van der Waals surface area contributed by atoms with Crippen LogP contribution in [0.4, 0.5) is 5.82 Å². The van der Waals surface area contributed by atoms with Crippen LogP contribution < -0.4 is 5.32 Å². The number of amides is 2. The van der Waals surface area contributed by atoms with E-state index < -0.39 is 0 Å². The Morgan fingerprint density at radius 2 is 2.09 bits per heavy atom. The van der Waals surface area contributed by atoms with Gasteiger partial charge in [0.25, 0.3) is 5.91 Å². The molecule has 5 rings (SSSR count). The van der Waals surface area contributed by atoms with Crippen LogP contribution in [0.1, 0.15) is 34.5 Å². The molecular formula is C29H28N4O2. The monoisotopic (exact) mass is 464 g/mol. The maximum absolute atomic E-state index is 12.9. The third-order valence-corrected chi connectivity index (χ3v) is 6.77. The molecule has 2 aromatic heterocycles. The fourth-order valence-corrected chi connectivity index (χ4v) is 4.89. The average Bonchev–Trinajstić information content (AvgIpc) is 3.33. The first-order valence-corrected chi connectivity index (χ1v) is 12.0. The highest BCUT2D eigenvalue weighted by molar-refractivity contribution is 6.03. The molecular weight excluding hydrogens is 436 g/mol. The zero-order valence-electron chi connectivity index (χ0n) is 19.7. The summed E-state index contributed by atoms with van der Waals surface area (Å²) >= 11 is 0. The topological polar surface area (TPSA) is 75.2 Å². The zero-order chi connectivity index (χ0) is 24.2. The number of carbonyl (C=O) groups is 2. The van der Waals surface area contributed by atoms with E-state index in [4.69, 9.17) is 0 Å². The Hall–Kier alpha value is -4.06. The molecule has 1 N–H and O–H groups in total. The van der Waals surface area contributed by atoms with Crippen LogP contribution in [0.15, 0.2) is 90.3 Å². The predicted molar refractivity (Wildman–Crippen MR) is 137 cm³/mol. The maximum Gasteiger partial charge on any atom is 0.258 e. The highest BCUT2D eigenvalue weighted by Gasteiger charge is 2.37. The number of hydrogen-bond acceptors (Lipinski definition) is 4. The molecule has 0 radical (unpaired) electrons. The van der Waals surface area contributed by atoms with E-state index in [1.807, 2.05) is 17.9 Å². The Bertz CT molecular complexity index is 1290. The van der Waals surface area contributed by atoms with Crippen LogP contribution in [0.25, 0.3) is 6.08 Å². The molecule has 2 aromatic rings. The molecule has 0 spiro atoms. The first kappa shape index (κ1) is 22.7. The van der Waals surface area contributed by atoms with Crippen LogP contribution >= 0.6 is 0 Å². The average molecular weight is 465 g/mol. The lowest BCUT2D eigenvalue weighted by atomic mass is 9.98. The number of carbonyl (C=O) groups excluding carboxylic acids is 2. The molecule has 1 fully saturated rings. The van der Waals surface area contributed by atoms with Crippen molar-refractivity contribution in [2.45, 2.75) is 19.8 Å². The van der Waals surface area contributed by atoms with E-state index in [0.717, 1.165) is 37.2 Å². The molecule has 2 aliphatic carbocycles. The van der Waals surface area contributed by atoms with Crippen LogP contribution in [0.5, 0.6) is 0 Å². The number of aryl methyl sites for hydroxylation is 1. The van der Waals surface area contributed by atoms with Gasteiger partial charge in [0.2, 0.25) is 5.91 Å². The minimum Gasteiger partial charge on any atom is -0.338 e. The van der Waals surface area contributed by atoms with Crippen molar-refractivity contribution >= 4 is 23.7 Å². The number of anilines is 1. The Balaban J connectivity index is 1.18. The van der Waals surface area contributed by atoms with Gasteiger partial charge in [-0.25, -0.2) is 4.98 Å². The summed E-state index contributed by atoms with van der Waals surface area (Å²) in [6.07, 6.45) is 21.8. The molecule has 2 amide bonds. The molecule has 1 aliphatic heterocycles. The van der Waals surface area contributed by atoms with Gasteiger partial charge in [0.05, 0.1) is 5.56 Å². The van der Waals surface area contributed by atoms with Crippen molar-refractivity contribution in [1.82, 2.24) is 14.9 Å². The van der Waals surface area contributed by atoms with Crippen molar-refractivity contribution < 1.29 is 9.59 Å². The SMILES string of the molecule is Cc1nc(NC(=O)c2cccnc2)ccc1/C=C/C(=O)N1CC2C=C(C3=CCC=CC=C3)CC2C1. The van der Waals surface area contributed by atoms with Crippen LogP contribution in [0.2, 0.25) is 0 Å². The molecule has 6 heteroatoms. The molecule has 0 aromatic carbocycles. The summed E-state index contributed by atoms with van der Waals surface area (Å²) in [5.41, 5.74) is 4.80. The van der Waals surface area contributed by atoms with Crippen LogP contribution in [0.3, 0.4) is 0 Å². The minimum atomic E-state index is -0.261. The molecule has 2 unspecified atom stereocenters. The standard InChI is InChI=1S/C29H28N4O2/c1-20-21(10-12-27(31-20)32-29(35)23-9-6-14-30-17-23)11-13-28(34)33-18-25-15-24(16-26(25)19-33)22-7-4-2-3-5-8-22/h2-4,6-15,17,25-26H,5,16,18-19H2,1H3,(H,31,32,35)/b13-11+. The Morgan fingerprint density at radius 1 is 1.17 bits per heavy atom. The lowest BCUT2D eigenvalue weighted by Gasteiger charge is -2.15. The second-order valence-electron chi connectivity index (χ2n) is 9.15. The van der Waals surface area contributed by atoms with Gasteiger partial charge < -0.3 is 10.2 Å². The van der Waals surface area contributed by atoms with Gasteiger partial charge in [-0.3, -0.25) is 14.6 Å². The molecule has 3 heterocycles. The largest absolute Gasteiger partial charge is 0.338 e. The first-order chi connectivity index (χ1) is 17.1. The number of fused-ring (bicyclic) bond motifs is 1. The molecule has 176 valence electrons. The number of aromatic nitrogens is 2. The zero-order valence-corrected chi connectivity index (χ0v) is 19.7. The summed E-state index contributed by atoms with van der Waals surface area (Å²) in [7, 11) is 0. The van der Waals surface area contributed by atoms with E-state index in [9.17, 15) is 9.59 Å². The molecule has 35 heavy (non-hydrogen) atoms. The van der Waals surface area contributed by atoms with Gasteiger partial charge in [0, 0.05) is 37.3 Å². The van der Waals surface area contributed by atoms with Gasteiger partial charge in [-0.05, 0) is 78.7 Å². The summed E-state index contributed by atoms with van der Waals surface area (Å²) in [6, 6.07) is 7.02. The number of rotatable bonds is 5. The predicted octanol–water partition coefficient (Wildman–Crippen LogP) is 4.90. The van der Waals surface area contributed by atoms with E-state index in [2.05, 4.69) is 51.7 Å². The lowest BCUT2D eigenvalue weighted by molar-refractivity contribution is -0.125. The van der Waals surface area contributed by atoms with Crippen molar-refractivity contribution in [3.63, 3.8) is 0 Å². The summed E-state index contributed by atoms with van der Waals surface area (Å²) in [4.78, 5) is 35.6. The van der Waals surface area contributed by atoms with E-state index in [1.54, 1.807) is 36.5 Å². The molecule has 2 atom stereocenters. The molecule has 3 aliphatic rings. The van der Waals surface area contributed by atoms with Crippen molar-refractivity contribution in [2.24, 2.45) is 11.8 Å². The van der Waals surface area contributed by atoms with Crippen LogP contribution in [-0.2, 0) is 4.79 Å².